The third kappa shape index (κ3) is 2.02. The summed E-state index contributed by atoms with van der Waals surface area (Å²) < 4.78 is 1.06. The second-order valence-electron chi connectivity index (χ2n) is 4.05. The predicted octanol–water partition coefficient (Wildman–Crippen LogP) is 3.33. The van der Waals surface area contributed by atoms with Crippen molar-refractivity contribution in [1.29, 1.82) is 5.26 Å². The minimum absolute atomic E-state index is 0.654. The van der Waals surface area contributed by atoms with Crippen molar-refractivity contribution in [3.05, 3.63) is 47.6 Å². The van der Waals surface area contributed by atoms with Crippen LogP contribution in [0.25, 0.3) is 10.2 Å². The van der Waals surface area contributed by atoms with E-state index in [4.69, 9.17) is 5.26 Å². The van der Waals surface area contributed by atoms with Crippen LogP contribution in [0.2, 0.25) is 0 Å². The van der Waals surface area contributed by atoms with Gasteiger partial charge in [0.1, 0.15) is 6.33 Å². The Morgan fingerprint density at radius 3 is 2.68 bits per heavy atom. The summed E-state index contributed by atoms with van der Waals surface area (Å²) in [6.45, 7) is 0. The fourth-order valence-electron chi connectivity index (χ4n) is 1.90. The molecule has 0 atom stereocenters. The van der Waals surface area contributed by atoms with Crippen LogP contribution in [-0.4, -0.2) is 17.0 Å². The first-order valence-corrected chi connectivity index (χ1v) is 6.59. The van der Waals surface area contributed by atoms with Crippen molar-refractivity contribution >= 4 is 33.1 Å². The summed E-state index contributed by atoms with van der Waals surface area (Å²) in [5, 5.41) is 10.8. The fraction of sp³-hybridized carbons (Fsp3) is 0.0714. The van der Waals surface area contributed by atoms with Crippen LogP contribution < -0.4 is 4.90 Å². The summed E-state index contributed by atoms with van der Waals surface area (Å²) >= 11 is 1.63. The number of nitriles is 1. The van der Waals surface area contributed by atoms with Crippen molar-refractivity contribution in [2.75, 3.05) is 11.9 Å². The number of hydrogen-bond acceptors (Lipinski definition) is 5. The Kier molecular flexibility index (Phi) is 2.86. The normalized spacial score (nSPS) is 10.3. The van der Waals surface area contributed by atoms with Crippen LogP contribution >= 0.6 is 11.3 Å². The van der Waals surface area contributed by atoms with E-state index in [1.54, 1.807) is 29.8 Å². The van der Waals surface area contributed by atoms with E-state index < -0.39 is 0 Å². The van der Waals surface area contributed by atoms with Crippen molar-refractivity contribution in [1.82, 2.24) is 9.97 Å². The predicted molar refractivity (Wildman–Crippen MR) is 76.6 cm³/mol. The first kappa shape index (κ1) is 11.6. The van der Waals surface area contributed by atoms with Gasteiger partial charge in [0, 0.05) is 12.7 Å². The van der Waals surface area contributed by atoms with E-state index in [-0.39, 0.29) is 0 Å². The lowest BCUT2D eigenvalue weighted by atomic mass is 10.2. The van der Waals surface area contributed by atoms with E-state index in [0.717, 1.165) is 21.7 Å². The zero-order valence-electron chi connectivity index (χ0n) is 10.2. The minimum Gasteiger partial charge on any atom is -0.328 e. The Labute approximate surface area is 114 Å². The minimum atomic E-state index is 0.654. The van der Waals surface area contributed by atoms with Gasteiger partial charge in [-0.15, -0.1) is 11.3 Å². The number of rotatable bonds is 2. The van der Waals surface area contributed by atoms with Crippen molar-refractivity contribution in [3.63, 3.8) is 0 Å². The van der Waals surface area contributed by atoms with Crippen molar-refractivity contribution in [2.45, 2.75) is 0 Å². The van der Waals surface area contributed by atoms with Gasteiger partial charge in [-0.3, -0.25) is 0 Å². The van der Waals surface area contributed by atoms with Gasteiger partial charge in [-0.05, 0) is 35.7 Å². The molecule has 3 aromatic rings. The monoisotopic (exact) mass is 266 g/mol. The maximum absolute atomic E-state index is 8.82. The number of fused-ring (bicyclic) bond motifs is 1. The van der Waals surface area contributed by atoms with Gasteiger partial charge in [0.05, 0.1) is 21.8 Å². The molecule has 0 saturated carbocycles. The Morgan fingerprint density at radius 2 is 1.95 bits per heavy atom. The lowest BCUT2D eigenvalue weighted by Gasteiger charge is -2.18. The van der Waals surface area contributed by atoms with Crippen molar-refractivity contribution < 1.29 is 0 Å². The molecule has 0 N–H and O–H groups in total. The molecule has 19 heavy (non-hydrogen) atoms. The van der Waals surface area contributed by atoms with Crippen LogP contribution in [0, 0.1) is 11.3 Å². The summed E-state index contributed by atoms with van der Waals surface area (Å²) in [6, 6.07) is 11.5. The lowest BCUT2D eigenvalue weighted by Crippen LogP contribution is -2.11. The Hall–Kier alpha value is -2.45. The van der Waals surface area contributed by atoms with Gasteiger partial charge in [0.2, 0.25) is 0 Å². The molecule has 3 rings (SSSR count). The number of anilines is 2. The third-order valence-electron chi connectivity index (χ3n) is 2.93. The van der Waals surface area contributed by atoms with Gasteiger partial charge < -0.3 is 4.90 Å². The van der Waals surface area contributed by atoms with Gasteiger partial charge in [0.25, 0.3) is 0 Å². The molecule has 5 heteroatoms. The number of aromatic nitrogens is 2. The van der Waals surface area contributed by atoms with Crippen LogP contribution in [0.1, 0.15) is 5.56 Å². The van der Waals surface area contributed by atoms with Crippen molar-refractivity contribution in [2.24, 2.45) is 0 Å². The molecule has 0 spiro atoms. The Bertz CT molecular complexity index is 755. The van der Waals surface area contributed by atoms with E-state index in [1.807, 2.05) is 35.5 Å². The van der Waals surface area contributed by atoms with E-state index in [1.165, 1.54) is 0 Å². The first-order chi connectivity index (χ1) is 9.29. The summed E-state index contributed by atoms with van der Waals surface area (Å²) in [7, 11) is 1.96. The van der Waals surface area contributed by atoms with E-state index in [2.05, 4.69) is 16.0 Å². The largest absolute Gasteiger partial charge is 0.328 e. The molecule has 0 aliphatic heterocycles. The zero-order chi connectivity index (χ0) is 13.2. The smallest absolute Gasteiger partial charge is 0.154 e. The molecule has 0 radical (unpaired) electrons. The van der Waals surface area contributed by atoms with E-state index >= 15 is 0 Å². The van der Waals surface area contributed by atoms with E-state index in [0.29, 0.717) is 5.56 Å². The zero-order valence-corrected chi connectivity index (χ0v) is 11.1. The molecule has 0 amide bonds. The second-order valence-corrected chi connectivity index (χ2v) is 4.97. The highest BCUT2D eigenvalue weighted by Crippen LogP contribution is 2.31. The van der Waals surface area contributed by atoms with Gasteiger partial charge in [-0.25, -0.2) is 9.97 Å². The first-order valence-electron chi connectivity index (χ1n) is 5.71. The molecular weight excluding hydrogens is 256 g/mol. The van der Waals surface area contributed by atoms with Crippen molar-refractivity contribution in [3.8, 4) is 6.07 Å². The molecule has 92 valence electrons. The quantitative estimate of drug-likeness (QED) is 0.714. The maximum Gasteiger partial charge on any atom is 0.154 e. The fourth-order valence-corrected chi connectivity index (χ4v) is 2.77. The molecule has 0 saturated heterocycles. The van der Waals surface area contributed by atoms with Crippen LogP contribution in [0.4, 0.5) is 11.5 Å². The maximum atomic E-state index is 8.82. The summed E-state index contributed by atoms with van der Waals surface area (Å²) in [6.07, 6.45) is 1.57. The van der Waals surface area contributed by atoms with Crippen LogP contribution in [0.15, 0.2) is 42.0 Å². The number of nitrogens with zero attached hydrogens (tertiary/aromatic N) is 4. The molecule has 1 aromatic carbocycles. The Balaban J connectivity index is 2.05. The number of hydrogen-bond donors (Lipinski definition) is 0. The molecular formula is C14H10N4S. The number of thiophene rings is 1. The van der Waals surface area contributed by atoms with Gasteiger partial charge >= 0.3 is 0 Å². The molecule has 0 fully saturated rings. The summed E-state index contributed by atoms with van der Waals surface area (Å²) in [5.41, 5.74) is 2.60. The standard InChI is InChI=1S/C14H10N4S/c1-18(11-4-2-10(8-15)3-5-11)14-13-12(6-7-19-13)16-9-17-14/h2-7,9H,1H3. The lowest BCUT2D eigenvalue weighted by molar-refractivity contribution is 1.12. The third-order valence-corrected chi connectivity index (χ3v) is 3.83. The highest BCUT2D eigenvalue weighted by Gasteiger charge is 2.11. The topological polar surface area (TPSA) is 52.8 Å². The second kappa shape index (κ2) is 4.67. The average Bonchev–Trinajstić information content (AvgIpc) is 2.95. The highest BCUT2D eigenvalue weighted by atomic mass is 32.1. The SMILES string of the molecule is CN(c1ccc(C#N)cc1)c1ncnc2ccsc12. The van der Waals surface area contributed by atoms with Gasteiger partial charge in [0.15, 0.2) is 5.82 Å². The Morgan fingerprint density at radius 1 is 1.16 bits per heavy atom. The summed E-state index contributed by atoms with van der Waals surface area (Å²) in [5.74, 6) is 0.879. The molecule has 0 aliphatic carbocycles. The average molecular weight is 266 g/mol. The molecule has 0 aliphatic rings. The number of benzene rings is 1. The van der Waals surface area contributed by atoms with Gasteiger partial charge in [-0.2, -0.15) is 5.26 Å². The molecule has 4 nitrogen and oxygen atoms in total. The highest BCUT2D eigenvalue weighted by molar-refractivity contribution is 7.17. The van der Waals surface area contributed by atoms with Crippen LogP contribution in [0.5, 0.6) is 0 Å². The van der Waals surface area contributed by atoms with E-state index in [9.17, 15) is 0 Å². The van der Waals surface area contributed by atoms with Crippen LogP contribution in [-0.2, 0) is 0 Å². The summed E-state index contributed by atoms with van der Waals surface area (Å²) in [4.78, 5) is 10.6. The molecule has 0 bridgehead atoms. The molecule has 2 aromatic heterocycles. The van der Waals surface area contributed by atoms with Crippen LogP contribution in [0.3, 0.4) is 0 Å². The van der Waals surface area contributed by atoms with Gasteiger partial charge in [-0.1, -0.05) is 0 Å². The molecule has 2 heterocycles. The molecule has 0 unspecified atom stereocenters.